The highest BCUT2D eigenvalue weighted by Gasteiger charge is 2.19. The number of nitrogen functional groups attached to an aromatic ring is 1. The van der Waals surface area contributed by atoms with Crippen molar-refractivity contribution in [2.45, 2.75) is 36.8 Å². The molecule has 0 spiro atoms. The van der Waals surface area contributed by atoms with Crippen molar-refractivity contribution < 1.29 is 4.74 Å². The van der Waals surface area contributed by atoms with Crippen LogP contribution in [0.2, 0.25) is 0 Å². The molecule has 4 nitrogen and oxygen atoms in total. The third kappa shape index (κ3) is 3.03. The Hall–Kier alpha value is -1.07. The zero-order valence-corrected chi connectivity index (χ0v) is 11.6. The van der Waals surface area contributed by atoms with Crippen molar-refractivity contribution in [3.8, 4) is 0 Å². The lowest BCUT2D eigenvalue weighted by Crippen LogP contribution is -2.20. The fraction of sp³-hybridized carbons (Fsp3) is 0.538. The lowest BCUT2D eigenvalue weighted by Gasteiger charge is -2.23. The smallest absolute Gasteiger partial charge is 0.125 e. The maximum absolute atomic E-state index is 7.70. The number of aryl methyl sites for hydroxylation is 2. The van der Waals surface area contributed by atoms with Gasteiger partial charge in [-0.1, -0.05) is 0 Å². The van der Waals surface area contributed by atoms with E-state index in [9.17, 15) is 0 Å². The molecule has 1 aliphatic heterocycles. The molecular formula is C13H19N3OS. The summed E-state index contributed by atoms with van der Waals surface area (Å²) >= 11 is 1.81. The number of nitrogens with two attached hydrogens (primary N) is 1. The van der Waals surface area contributed by atoms with Crippen molar-refractivity contribution in [2.75, 3.05) is 13.2 Å². The van der Waals surface area contributed by atoms with Crippen LogP contribution in [0.5, 0.6) is 0 Å². The van der Waals surface area contributed by atoms with E-state index < -0.39 is 0 Å². The number of ether oxygens (including phenoxy) is 1. The second-order valence-electron chi connectivity index (χ2n) is 4.57. The van der Waals surface area contributed by atoms with Crippen molar-refractivity contribution in [3.63, 3.8) is 0 Å². The Balaban J connectivity index is 2.27. The van der Waals surface area contributed by atoms with Crippen molar-refractivity contribution in [1.82, 2.24) is 4.98 Å². The van der Waals surface area contributed by atoms with Gasteiger partial charge in [-0.2, -0.15) is 0 Å². The first kappa shape index (κ1) is 13.4. The van der Waals surface area contributed by atoms with Gasteiger partial charge in [-0.05, 0) is 32.8 Å². The molecule has 0 aromatic carbocycles. The van der Waals surface area contributed by atoms with Crippen LogP contribution in [0, 0.1) is 19.3 Å². The fourth-order valence-electron chi connectivity index (χ4n) is 2.19. The van der Waals surface area contributed by atoms with Crippen LogP contribution in [-0.2, 0) is 4.74 Å². The van der Waals surface area contributed by atoms with Gasteiger partial charge in [0.15, 0.2) is 0 Å². The highest BCUT2D eigenvalue weighted by Crippen LogP contribution is 2.33. The quantitative estimate of drug-likeness (QED) is 0.649. The average molecular weight is 265 g/mol. The molecule has 0 amide bonds. The van der Waals surface area contributed by atoms with Crippen LogP contribution in [-0.4, -0.2) is 29.3 Å². The molecule has 2 rings (SSSR count). The predicted molar refractivity (Wildman–Crippen MR) is 74.4 cm³/mol. The summed E-state index contributed by atoms with van der Waals surface area (Å²) in [5.41, 5.74) is 8.29. The van der Waals surface area contributed by atoms with Gasteiger partial charge < -0.3 is 10.5 Å². The molecule has 0 aliphatic carbocycles. The van der Waals surface area contributed by atoms with E-state index in [4.69, 9.17) is 15.9 Å². The van der Waals surface area contributed by atoms with Gasteiger partial charge in [0.1, 0.15) is 5.84 Å². The SMILES string of the molecule is Cc1cc(SC2CCOCC2)c(C(=N)N)c(C)n1. The van der Waals surface area contributed by atoms with E-state index >= 15 is 0 Å². The molecule has 5 heteroatoms. The summed E-state index contributed by atoms with van der Waals surface area (Å²) in [5.74, 6) is 0.106. The molecule has 18 heavy (non-hydrogen) atoms. The molecule has 3 N–H and O–H groups in total. The minimum absolute atomic E-state index is 0.106. The lowest BCUT2D eigenvalue weighted by atomic mass is 10.1. The second kappa shape index (κ2) is 5.71. The van der Waals surface area contributed by atoms with Crippen LogP contribution in [0.3, 0.4) is 0 Å². The van der Waals surface area contributed by atoms with E-state index in [1.54, 1.807) is 11.8 Å². The molecule has 0 radical (unpaired) electrons. The number of rotatable bonds is 3. The van der Waals surface area contributed by atoms with Crippen LogP contribution in [0.25, 0.3) is 0 Å². The van der Waals surface area contributed by atoms with Crippen LogP contribution in [0.4, 0.5) is 0 Å². The van der Waals surface area contributed by atoms with Crippen molar-refractivity contribution in [2.24, 2.45) is 5.73 Å². The van der Waals surface area contributed by atoms with Crippen LogP contribution >= 0.6 is 11.8 Å². The van der Waals surface area contributed by atoms with Crippen LogP contribution in [0.15, 0.2) is 11.0 Å². The number of pyridine rings is 1. The summed E-state index contributed by atoms with van der Waals surface area (Å²) in [6.07, 6.45) is 2.12. The van der Waals surface area contributed by atoms with Crippen molar-refractivity contribution >= 4 is 17.6 Å². The Bertz CT molecular complexity index is 456. The topological polar surface area (TPSA) is 72.0 Å². The molecule has 0 bridgehead atoms. The van der Waals surface area contributed by atoms with Crippen LogP contribution < -0.4 is 5.73 Å². The van der Waals surface area contributed by atoms with E-state index in [0.29, 0.717) is 5.25 Å². The first-order valence-corrected chi connectivity index (χ1v) is 7.03. The normalized spacial score (nSPS) is 16.8. The Morgan fingerprint density at radius 1 is 1.44 bits per heavy atom. The Morgan fingerprint density at radius 2 is 2.11 bits per heavy atom. The minimum Gasteiger partial charge on any atom is -0.384 e. The van der Waals surface area contributed by atoms with Crippen LogP contribution in [0.1, 0.15) is 29.8 Å². The molecular weight excluding hydrogens is 246 g/mol. The molecule has 1 fully saturated rings. The van der Waals surface area contributed by atoms with E-state index in [1.807, 2.05) is 19.9 Å². The van der Waals surface area contributed by atoms with E-state index in [-0.39, 0.29) is 5.84 Å². The molecule has 1 aromatic rings. The van der Waals surface area contributed by atoms with Crippen molar-refractivity contribution in [3.05, 3.63) is 23.0 Å². The first-order chi connectivity index (χ1) is 8.58. The summed E-state index contributed by atoms with van der Waals surface area (Å²) in [5, 5.41) is 8.26. The summed E-state index contributed by atoms with van der Waals surface area (Å²) in [4.78, 5) is 5.47. The zero-order chi connectivity index (χ0) is 13.1. The van der Waals surface area contributed by atoms with E-state index in [0.717, 1.165) is 47.9 Å². The van der Waals surface area contributed by atoms with Gasteiger partial charge in [-0.15, -0.1) is 11.8 Å². The number of thioether (sulfide) groups is 1. The summed E-state index contributed by atoms with van der Waals surface area (Å²) in [7, 11) is 0. The number of nitrogens with one attached hydrogen (secondary N) is 1. The zero-order valence-electron chi connectivity index (χ0n) is 10.8. The largest absolute Gasteiger partial charge is 0.384 e. The molecule has 1 aromatic heterocycles. The van der Waals surface area contributed by atoms with Gasteiger partial charge in [-0.3, -0.25) is 10.4 Å². The van der Waals surface area contributed by atoms with Gasteiger partial charge in [0.05, 0.1) is 5.56 Å². The molecule has 1 aliphatic rings. The highest BCUT2D eigenvalue weighted by atomic mass is 32.2. The third-order valence-electron chi connectivity index (χ3n) is 3.02. The van der Waals surface area contributed by atoms with E-state index in [2.05, 4.69) is 4.98 Å². The molecule has 0 unspecified atom stereocenters. The first-order valence-electron chi connectivity index (χ1n) is 6.15. The maximum atomic E-state index is 7.70. The lowest BCUT2D eigenvalue weighted by molar-refractivity contribution is 0.100. The molecule has 0 saturated carbocycles. The number of hydrogen-bond acceptors (Lipinski definition) is 4. The summed E-state index contributed by atoms with van der Waals surface area (Å²) in [6, 6.07) is 2.03. The summed E-state index contributed by atoms with van der Waals surface area (Å²) < 4.78 is 5.37. The standard InChI is InChI=1S/C13H19N3OS/c1-8-7-11(12(13(14)15)9(2)16-8)18-10-3-5-17-6-4-10/h7,10H,3-6H2,1-2H3,(H3,14,15). The number of hydrogen-bond donors (Lipinski definition) is 2. The predicted octanol–water partition coefficient (Wildman–Crippen LogP) is 2.25. The third-order valence-corrected chi connectivity index (χ3v) is 4.40. The molecule has 0 atom stereocenters. The number of aromatic nitrogens is 1. The number of nitrogens with zero attached hydrogens (tertiary/aromatic N) is 1. The van der Waals surface area contributed by atoms with E-state index in [1.165, 1.54) is 0 Å². The fourth-order valence-corrected chi connectivity index (χ4v) is 3.59. The molecule has 1 saturated heterocycles. The molecule has 2 heterocycles. The average Bonchev–Trinajstić information content (AvgIpc) is 2.28. The Morgan fingerprint density at radius 3 is 2.72 bits per heavy atom. The minimum atomic E-state index is 0.106. The van der Waals surface area contributed by atoms with Gasteiger partial charge in [0, 0.05) is 34.7 Å². The van der Waals surface area contributed by atoms with Crippen molar-refractivity contribution in [1.29, 1.82) is 5.41 Å². The Labute approximate surface area is 112 Å². The summed E-state index contributed by atoms with van der Waals surface area (Å²) in [6.45, 7) is 5.55. The van der Waals surface area contributed by atoms with Gasteiger partial charge >= 0.3 is 0 Å². The Kier molecular flexibility index (Phi) is 4.24. The maximum Gasteiger partial charge on any atom is 0.125 e. The second-order valence-corrected chi connectivity index (χ2v) is 5.91. The van der Waals surface area contributed by atoms with Gasteiger partial charge in [-0.25, -0.2) is 0 Å². The monoisotopic (exact) mass is 265 g/mol. The highest BCUT2D eigenvalue weighted by molar-refractivity contribution is 8.00. The molecule has 98 valence electrons. The number of amidine groups is 1. The van der Waals surface area contributed by atoms with Gasteiger partial charge in [0.2, 0.25) is 0 Å². The van der Waals surface area contributed by atoms with Gasteiger partial charge in [0.25, 0.3) is 0 Å².